The highest BCUT2D eigenvalue weighted by atomic mass is 35.5. The standard InChI is InChI=1S/C23H24ClFN4O5.C19H21ClFNO3.C4H5N3O3/c1-23(13-30,22(32)33)11-17(26-21(31)20-12-29(34-2)28-27-20)9-14-3-5-15(6-4-14)18-10-16(24)7-8-19(18)25;1-19(11-23,18(24)25)10-15(22)8-12-2-4-13(5-3-12)16-9-14(20)6-7-17(16)21;1-10-7-2-3(4(8)9)5-6-7/h3-8,10,12,17,30H,9,11,13H2,1-2H3,(H,26,31)(H,32,33);2-7,9,15,23H,8,10-11,22H2,1H3,(H,24,25);2H,1H3,(H,8,9)/t17-,23+;15-,19+;/m11./s1. The number of hydrogen-bond acceptors (Lipinski definition) is 13. The Morgan fingerprint density at radius 1 is 0.681 bits per heavy atom. The van der Waals surface area contributed by atoms with E-state index in [1.54, 1.807) is 42.5 Å². The van der Waals surface area contributed by atoms with E-state index in [2.05, 4.69) is 30.8 Å². The number of nitrogens with zero attached hydrogens (tertiary/aromatic N) is 6. The van der Waals surface area contributed by atoms with E-state index < -0.39 is 65.8 Å². The first-order valence-electron chi connectivity index (χ1n) is 20.6. The van der Waals surface area contributed by atoms with Crippen LogP contribution in [0.25, 0.3) is 22.3 Å². The van der Waals surface area contributed by atoms with Crippen LogP contribution in [0.15, 0.2) is 97.3 Å². The zero-order chi connectivity index (χ0) is 51.1. The third-order valence-corrected chi connectivity index (χ3v) is 11.1. The van der Waals surface area contributed by atoms with E-state index in [0.29, 0.717) is 38.7 Å². The monoisotopic (exact) mass is 998 g/mol. The van der Waals surface area contributed by atoms with Crippen LogP contribution >= 0.6 is 23.2 Å². The maximum absolute atomic E-state index is 14.2. The number of carbonyl (C=O) groups excluding carboxylic acids is 1. The van der Waals surface area contributed by atoms with Gasteiger partial charge in [-0.25, -0.2) is 13.6 Å². The van der Waals surface area contributed by atoms with Gasteiger partial charge in [-0.3, -0.25) is 14.4 Å². The number of benzene rings is 4. The summed E-state index contributed by atoms with van der Waals surface area (Å²) in [5.41, 5.74) is 6.91. The molecule has 4 aromatic carbocycles. The Kier molecular flexibility index (Phi) is 19.6. The Morgan fingerprint density at radius 3 is 1.49 bits per heavy atom. The van der Waals surface area contributed by atoms with Gasteiger partial charge in [-0.05, 0) is 109 Å². The Balaban J connectivity index is 0.000000258. The number of aliphatic hydroxyl groups is 2. The van der Waals surface area contributed by atoms with Crippen molar-refractivity contribution >= 4 is 47.0 Å². The van der Waals surface area contributed by atoms with Gasteiger partial charge in [-0.2, -0.15) is 0 Å². The number of aliphatic hydroxyl groups excluding tert-OH is 2. The normalized spacial score (nSPS) is 13.4. The molecule has 6 aromatic rings. The van der Waals surface area contributed by atoms with Crippen LogP contribution in [0.5, 0.6) is 0 Å². The Bertz CT molecular complexity index is 2690. The van der Waals surface area contributed by atoms with Gasteiger partial charge in [0.15, 0.2) is 11.4 Å². The van der Waals surface area contributed by atoms with E-state index in [1.165, 1.54) is 70.8 Å². The maximum atomic E-state index is 14.2. The molecule has 19 nitrogen and oxygen atoms in total. The number of aromatic carboxylic acids is 1. The zero-order valence-electron chi connectivity index (χ0n) is 37.6. The molecule has 0 saturated heterocycles. The number of carboxylic acids is 3. The molecule has 0 radical (unpaired) electrons. The second kappa shape index (κ2) is 24.8. The van der Waals surface area contributed by atoms with E-state index >= 15 is 0 Å². The number of halogens is 4. The van der Waals surface area contributed by atoms with Gasteiger partial charge in [0.05, 0.1) is 24.0 Å². The van der Waals surface area contributed by atoms with E-state index in [9.17, 15) is 48.4 Å². The zero-order valence-corrected chi connectivity index (χ0v) is 39.1. The first-order chi connectivity index (χ1) is 32.6. The highest BCUT2D eigenvalue weighted by Crippen LogP contribution is 2.30. The molecular formula is C46H50Cl2F2N8O11. The second-order valence-corrected chi connectivity index (χ2v) is 17.0. The minimum Gasteiger partial charge on any atom is -0.481 e. The summed E-state index contributed by atoms with van der Waals surface area (Å²) in [5, 5.41) is 63.7. The van der Waals surface area contributed by atoms with Gasteiger partial charge in [-0.15, -0.1) is 10.2 Å². The van der Waals surface area contributed by atoms with Gasteiger partial charge in [0.25, 0.3) is 5.91 Å². The van der Waals surface area contributed by atoms with Gasteiger partial charge >= 0.3 is 17.9 Å². The van der Waals surface area contributed by atoms with Crippen molar-refractivity contribution in [1.29, 1.82) is 0 Å². The number of nitrogens with two attached hydrogens (primary N) is 1. The Labute approximate surface area is 403 Å². The fraction of sp³-hybridized carbons (Fsp3) is 0.304. The summed E-state index contributed by atoms with van der Waals surface area (Å²) in [7, 11) is 2.72. The predicted molar refractivity (Wildman–Crippen MR) is 247 cm³/mol. The van der Waals surface area contributed by atoms with Gasteiger partial charge in [0.2, 0.25) is 0 Å². The van der Waals surface area contributed by atoms with E-state index in [-0.39, 0.29) is 36.5 Å². The van der Waals surface area contributed by atoms with Crippen molar-refractivity contribution in [3.63, 3.8) is 0 Å². The SMILES string of the molecule is COn1cc(C(=O)N[C@H](Cc2ccc(-c3cc(Cl)ccc3F)cc2)C[C@@](C)(CO)C(=O)O)nn1.COn1cc(C(=O)O)nn1.C[C@@](CO)(C[C@H](N)Cc1ccc(-c2cc(Cl)ccc2F)cc1)C(=O)O. The largest absolute Gasteiger partial charge is 0.481 e. The average Bonchev–Trinajstić information content (AvgIpc) is 4.03. The van der Waals surface area contributed by atoms with Gasteiger partial charge in [-0.1, -0.05) is 81.4 Å². The highest BCUT2D eigenvalue weighted by Gasteiger charge is 2.37. The molecule has 0 bridgehead atoms. The van der Waals surface area contributed by atoms with Crippen LogP contribution < -0.4 is 20.7 Å². The molecule has 0 aliphatic carbocycles. The van der Waals surface area contributed by atoms with Gasteiger partial charge < -0.3 is 46.3 Å². The number of aliphatic carboxylic acids is 2. The molecule has 0 saturated carbocycles. The average molecular weight is 1000 g/mol. The smallest absolute Gasteiger partial charge is 0.358 e. The number of amides is 1. The summed E-state index contributed by atoms with van der Waals surface area (Å²) in [5.74, 6) is -4.72. The fourth-order valence-electron chi connectivity index (χ4n) is 6.61. The van der Waals surface area contributed by atoms with Crippen molar-refractivity contribution in [2.24, 2.45) is 16.6 Å². The first-order valence-corrected chi connectivity index (χ1v) is 21.4. The van der Waals surface area contributed by atoms with Gasteiger partial charge in [0.1, 0.15) is 38.2 Å². The summed E-state index contributed by atoms with van der Waals surface area (Å²) in [6, 6.07) is 21.7. The van der Waals surface area contributed by atoms with Crippen LogP contribution in [0.1, 0.15) is 58.8 Å². The molecule has 2 heterocycles. The Hall–Kier alpha value is -7.04. The molecule has 368 valence electrons. The lowest BCUT2D eigenvalue weighted by molar-refractivity contribution is -0.152. The topological polar surface area (TPSA) is 287 Å². The molecule has 0 unspecified atom stereocenters. The second-order valence-electron chi connectivity index (χ2n) is 16.1. The number of hydrogen-bond donors (Lipinski definition) is 7. The third kappa shape index (κ3) is 15.5. The molecule has 0 aliphatic heterocycles. The third-order valence-electron chi connectivity index (χ3n) is 10.6. The van der Waals surface area contributed by atoms with Crippen LogP contribution in [0.3, 0.4) is 0 Å². The minimum atomic E-state index is -1.48. The van der Waals surface area contributed by atoms with Crippen LogP contribution in [0.4, 0.5) is 8.78 Å². The summed E-state index contributed by atoms with van der Waals surface area (Å²) in [4.78, 5) is 57.2. The van der Waals surface area contributed by atoms with Gasteiger partial charge in [0, 0.05) is 33.3 Å². The first kappa shape index (κ1) is 54.6. The molecule has 69 heavy (non-hydrogen) atoms. The van der Waals surface area contributed by atoms with Crippen molar-refractivity contribution < 1.29 is 63.2 Å². The molecule has 23 heteroatoms. The van der Waals surface area contributed by atoms with Crippen LogP contribution in [-0.4, -0.2) is 119 Å². The molecule has 4 atom stereocenters. The number of aromatic nitrogens is 6. The van der Waals surface area contributed by atoms with Crippen LogP contribution in [-0.2, 0) is 22.4 Å². The highest BCUT2D eigenvalue weighted by molar-refractivity contribution is 6.31. The van der Waals surface area contributed by atoms with E-state index in [1.807, 2.05) is 12.1 Å². The van der Waals surface area contributed by atoms with Crippen molar-refractivity contribution in [3.05, 3.63) is 142 Å². The van der Waals surface area contributed by atoms with Crippen molar-refractivity contribution in [2.75, 3.05) is 27.4 Å². The molecular weight excluding hydrogens is 949 g/mol. The minimum absolute atomic E-state index is 0.0142. The molecule has 0 spiro atoms. The summed E-state index contributed by atoms with van der Waals surface area (Å²) in [6.45, 7) is 1.80. The number of nitrogens with one attached hydrogen (secondary N) is 1. The van der Waals surface area contributed by atoms with E-state index in [0.717, 1.165) is 20.8 Å². The molecule has 2 aromatic heterocycles. The van der Waals surface area contributed by atoms with Crippen molar-refractivity contribution in [2.45, 2.75) is 51.6 Å². The molecule has 0 aliphatic rings. The molecule has 0 fully saturated rings. The lowest BCUT2D eigenvalue weighted by atomic mass is 9.82. The number of rotatable bonds is 19. The number of carboxylic acid groups (broad SMARTS) is 3. The quantitative estimate of drug-likeness (QED) is 0.0553. The summed E-state index contributed by atoms with van der Waals surface area (Å²) >= 11 is 11.9. The predicted octanol–water partition coefficient (Wildman–Crippen LogP) is 5.13. The van der Waals surface area contributed by atoms with Crippen LogP contribution in [0, 0.1) is 22.5 Å². The van der Waals surface area contributed by atoms with Crippen LogP contribution in [0.2, 0.25) is 10.0 Å². The lowest BCUT2D eigenvalue weighted by Crippen LogP contribution is -2.44. The van der Waals surface area contributed by atoms with Crippen molar-refractivity contribution in [3.8, 4) is 22.3 Å². The Morgan fingerprint density at radius 2 is 1.10 bits per heavy atom. The maximum Gasteiger partial charge on any atom is 0.358 e. The summed E-state index contributed by atoms with van der Waals surface area (Å²) in [6.07, 6.45) is 3.27. The van der Waals surface area contributed by atoms with Crippen molar-refractivity contribution in [1.82, 2.24) is 35.6 Å². The number of carbonyl (C=O) groups is 4. The molecule has 1 amide bonds. The fourth-order valence-corrected chi connectivity index (χ4v) is 6.95. The molecule has 6 rings (SSSR count). The van der Waals surface area contributed by atoms with E-state index in [4.69, 9.17) is 38.9 Å². The summed E-state index contributed by atoms with van der Waals surface area (Å²) < 4.78 is 28.1. The lowest BCUT2D eigenvalue weighted by Gasteiger charge is -2.28. The molecule has 8 N–H and O–H groups in total.